The first-order chi connectivity index (χ1) is 9.47. The largest absolute Gasteiger partial charge is 0.457 e. The van der Waals surface area contributed by atoms with E-state index < -0.39 is 5.97 Å². The lowest BCUT2D eigenvalue weighted by Crippen LogP contribution is -2.07. The topological polar surface area (TPSA) is 52.3 Å². The zero-order valence-corrected chi connectivity index (χ0v) is 11.4. The summed E-state index contributed by atoms with van der Waals surface area (Å²) in [6.07, 6.45) is 0. The van der Waals surface area contributed by atoms with Gasteiger partial charge in [-0.3, -0.25) is 0 Å². The third kappa shape index (κ3) is 3.15. The Morgan fingerprint density at radius 1 is 1.15 bits per heavy atom. The monoisotopic (exact) mass is 273 g/mol. The molecule has 0 spiro atoms. The number of rotatable bonds is 3. The van der Waals surface area contributed by atoms with Crippen molar-refractivity contribution in [3.8, 4) is 0 Å². The predicted octanol–water partition coefficient (Wildman–Crippen LogP) is 3.38. The Bertz CT molecular complexity index is 653. The molecule has 0 aliphatic rings. The molecule has 2 aromatic rings. The molecule has 2 rings (SSSR count). The van der Waals surface area contributed by atoms with Gasteiger partial charge < -0.3 is 10.5 Å². The molecule has 20 heavy (non-hydrogen) atoms. The van der Waals surface area contributed by atoms with E-state index in [-0.39, 0.29) is 12.4 Å². The number of aryl methyl sites for hydroxylation is 2. The minimum atomic E-state index is -0.420. The fraction of sp³-hybridized carbons (Fsp3) is 0.188. The molecule has 3 nitrogen and oxygen atoms in total. The highest BCUT2D eigenvalue weighted by Crippen LogP contribution is 2.15. The highest BCUT2D eigenvalue weighted by Gasteiger charge is 2.09. The summed E-state index contributed by atoms with van der Waals surface area (Å²) in [5.74, 6) is -0.719. The first-order valence-electron chi connectivity index (χ1n) is 6.25. The lowest BCUT2D eigenvalue weighted by atomic mass is 10.1. The van der Waals surface area contributed by atoms with E-state index in [9.17, 15) is 9.18 Å². The van der Waals surface area contributed by atoms with E-state index in [1.165, 1.54) is 12.1 Å². The van der Waals surface area contributed by atoms with Crippen molar-refractivity contribution in [2.24, 2.45) is 0 Å². The van der Waals surface area contributed by atoms with E-state index in [1.807, 2.05) is 6.92 Å². The van der Waals surface area contributed by atoms with E-state index in [2.05, 4.69) is 0 Å². The maximum Gasteiger partial charge on any atom is 0.338 e. The molecule has 0 fully saturated rings. The van der Waals surface area contributed by atoms with Gasteiger partial charge in [0, 0.05) is 5.69 Å². The number of halogens is 1. The van der Waals surface area contributed by atoms with E-state index in [0.717, 1.165) is 16.7 Å². The van der Waals surface area contributed by atoms with Gasteiger partial charge in [-0.05, 0) is 60.9 Å². The molecule has 2 N–H and O–H groups in total. The Morgan fingerprint density at radius 3 is 2.55 bits per heavy atom. The number of carbonyl (C=O) groups is 1. The van der Waals surface area contributed by atoms with Gasteiger partial charge in [0.1, 0.15) is 12.4 Å². The van der Waals surface area contributed by atoms with Gasteiger partial charge in [-0.25, -0.2) is 9.18 Å². The van der Waals surface area contributed by atoms with Crippen LogP contribution in [-0.4, -0.2) is 5.97 Å². The first-order valence-corrected chi connectivity index (χ1v) is 6.25. The summed E-state index contributed by atoms with van der Waals surface area (Å²) in [6.45, 7) is 3.73. The van der Waals surface area contributed by atoms with Gasteiger partial charge in [0.15, 0.2) is 0 Å². The molecule has 0 aliphatic carbocycles. The average Bonchev–Trinajstić information content (AvgIpc) is 2.40. The molecule has 0 heterocycles. The number of hydrogen-bond acceptors (Lipinski definition) is 3. The first kappa shape index (κ1) is 14.1. The fourth-order valence-corrected chi connectivity index (χ4v) is 1.85. The third-order valence-electron chi connectivity index (χ3n) is 3.17. The molecule has 0 unspecified atom stereocenters. The third-order valence-corrected chi connectivity index (χ3v) is 3.17. The maximum atomic E-state index is 13.0. The highest BCUT2D eigenvalue weighted by molar-refractivity contribution is 5.90. The second-order valence-electron chi connectivity index (χ2n) is 4.72. The molecule has 0 bridgehead atoms. The Balaban J connectivity index is 2.06. The van der Waals surface area contributed by atoms with E-state index in [4.69, 9.17) is 10.5 Å². The van der Waals surface area contributed by atoms with Gasteiger partial charge in [0.25, 0.3) is 0 Å². The second-order valence-corrected chi connectivity index (χ2v) is 4.72. The summed E-state index contributed by atoms with van der Waals surface area (Å²) >= 11 is 0. The van der Waals surface area contributed by atoms with Gasteiger partial charge in [0.05, 0.1) is 5.56 Å². The molecule has 4 heteroatoms. The van der Waals surface area contributed by atoms with Crippen molar-refractivity contribution < 1.29 is 13.9 Å². The van der Waals surface area contributed by atoms with Crippen LogP contribution in [0.25, 0.3) is 0 Å². The zero-order valence-electron chi connectivity index (χ0n) is 11.4. The molecule has 104 valence electrons. The van der Waals surface area contributed by atoms with Crippen LogP contribution in [0.4, 0.5) is 10.1 Å². The van der Waals surface area contributed by atoms with Crippen LogP contribution in [0, 0.1) is 19.7 Å². The predicted molar refractivity (Wildman–Crippen MR) is 75.8 cm³/mol. The normalized spacial score (nSPS) is 10.3. The quantitative estimate of drug-likeness (QED) is 0.689. The van der Waals surface area contributed by atoms with Crippen LogP contribution in [-0.2, 0) is 11.3 Å². The molecule has 2 aromatic carbocycles. The zero-order chi connectivity index (χ0) is 14.7. The molecule has 0 aliphatic heterocycles. The van der Waals surface area contributed by atoms with Crippen LogP contribution in [0.15, 0.2) is 36.4 Å². The van der Waals surface area contributed by atoms with Crippen LogP contribution in [0.2, 0.25) is 0 Å². The standard InChI is InChI=1S/C16H16FNO2/c1-10-8-14(17)5-3-13(10)9-20-16(19)12-4-6-15(18)11(2)7-12/h3-8H,9,18H2,1-2H3. The van der Waals surface area contributed by atoms with Crippen molar-refractivity contribution >= 4 is 11.7 Å². The Kier molecular flexibility index (Phi) is 4.03. The van der Waals surface area contributed by atoms with Gasteiger partial charge >= 0.3 is 5.97 Å². The molecule has 0 atom stereocenters. The number of nitrogen functional groups attached to an aromatic ring is 1. The Labute approximate surface area is 117 Å². The average molecular weight is 273 g/mol. The van der Waals surface area contributed by atoms with Gasteiger partial charge in [-0.2, -0.15) is 0 Å². The van der Waals surface area contributed by atoms with Crippen LogP contribution < -0.4 is 5.73 Å². The van der Waals surface area contributed by atoms with Crippen molar-refractivity contribution in [1.29, 1.82) is 0 Å². The Morgan fingerprint density at radius 2 is 1.90 bits per heavy atom. The summed E-state index contributed by atoms with van der Waals surface area (Å²) in [5, 5.41) is 0. The van der Waals surface area contributed by atoms with Gasteiger partial charge in [-0.1, -0.05) is 6.07 Å². The van der Waals surface area contributed by atoms with E-state index in [0.29, 0.717) is 11.3 Å². The molecule has 0 saturated carbocycles. The van der Waals surface area contributed by atoms with Crippen LogP contribution in [0.5, 0.6) is 0 Å². The van der Waals surface area contributed by atoms with Crippen molar-refractivity contribution in [3.05, 3.63) is 64.5 Å². The summed E-state index contributed by atoms with van der Waals surface area (Å²) in [4.78, 5) is 11.9. The van der Waals surface area contributed by atoms with Gasteiger partial charge in [-0.15, -0.1) is 0 Å². The molecule has 0 amide bonds. The molecule has 0 saturated heterocycles. The SMILES string of the molecule is Cc1cc(C(=O)OCc2ccc(F)cc2C)ccc1N. The minimum absolute atomic E-state index is 0.119. The number of carbonyl (C=O) groups excluding carboxylic acids is 1. The molecule has 0 aromatic heterocycles. The summed E-state index contributed by atoms with van der Waals surface area (Å²) in [5.41, 5.74) is 9.16. The summed E-state index contributed by atoms with van der Waals surface area (Å²) < 4.78 is 18.2. The molecule has 0 radical (unpaired) electrons. The van der Waals surface area contributed by atoms with Crippen molar-refractivity contribution in [2.45, 2.75) is 20.5 Å². The van der Waals surface area contributed by atoms with Crippen LogP contribution in [0.3, 0.4) is 0 Å². The number of anilines is 1. The van der Waals surface area contributed by atoms with Crippen molar-refractivity contribution in [2.75, 3.05) is 5.73 Å². The number of nitrogens with two attached hydrogens (primary N) is 1. The van der Waals surface area contributed by atoms with Gasteiger partial charge in [0.2, 0.25) is 0 Å². The molecular formula is C16H16FNO2. The lowest BCUT2D eigenvalue weighted by Gasteiger charge is -2.08. The number of esters is 1. The Hall–Kier alpha value is -2.36. The second kappa shape index (κ2) is 5.74. The number of benzene rings is 2. The van der Waals surface area contributed by atoms with Crippen LogP contribution >= 0.6 is 0 Å². The van der Waals surface area contributed by atoms with Crippen molar-refractivity contribution in [3.63, 3.8) is 0 Å². The maximum absolute atomic E-state index is 13.0. The van der Waals surface area contributed by atoms with Crippen LogP contribution in [0.1, 0.15) is 27.0 Å². The number of hydrogen-bond donors (Lipinski definition) is 1. The van der Waals surface area contributed by atoms with E-state index >= 15 is 0 Å². The smallest absolute Gasteiger partial charge is 0.338 e. The summed E-state index contributed by atoms with van der Waals surface area (Å²) in [6, 6.07) is 9.37. The minimum Gasteiger partial charge on any atom is -0.457 e. The number of ether oxygens (including phenoxy) is 1. The molecular weight excluding hydrogens is 257 g/mol. The van der Waals surface area contributed by atoms with Crippen molar-refractivity contribution in [1.82, 2.24) is 0 Å². The highest BCUT2D eigenvalue weighted by atomic mass is 19.1. The summed E-state index contributed by atoms with van der Waals surface area (Å²) in [7, 11) is 0. The fourth-order valence-electron chi connectivity index (χ4n) is 1.85. The lowest BCUT2D eigenvalue weighted by molar-refractivity contribution is 0.0472. The van der Waals surface area contributed by atoms with E-state index in [1.54, 1.807) is 31.2 Å².